The molecule has 0 heterocycles. The Bertz CT molecular complexity index is 391. The predicted octanol–water partition coefficient (Wildman–Crippen LogP) is 6.67. The van der Waals surface area contributed by atoms with E-state index < -0.39 is 16.3 Å². The van der Waals surface area contributed by atoms with Crippen LogP contribution < -0.4 is 9.05 Å². The monoisotopic (exact) mass is 341 g/mol. The predicted molar refractivity (Wildman–Crippen MR) is 101 cm³/mol. The van der Waals surface area contributed by atoms with Gasteiger partial charge in [-0.1, -0.05) is 61.5 Å². The molecule has 0 saturated carbocycles. The summed E-state index contributed by atoms with van der Waals surface area (Å²) in [5, 5.41) is 0. The fourth-order valence-corrected chi connectivity index (χ4v) is 6.27. The highest BCUT2D eigenvalue weighted by molar-refractivity contribution is 7.54. The number of hydrogen-bond acceptors (Lipinski definition) is 2. The zero-order valence-electron chi connectivity index (χ0n) is 15.3. The lowest BCUT2D eigenvalue weighted by Gasteiger charge is -2.27. The van der Waals surface area contributed by atoms with Crippen LogP contribution in [0.3, 0.4) is 0 Å². The molecule has 125 valence electrons. The van der Waals surface area contributed by atoms with Gasteiger partial charge >= 0.3 is 0 Å². The highest BCUT2D eigenvalue weighted by atomic mass is 31.1. The maximum atomic E-state index is 6.22. The Balaban J connectivity index is 2.85. The number of hydrogen-bond donors (Lipinski definition) is 0. The van der Waals surface area contributed by atoms with Crippen LogP contribution in [0.1, 0.15) is 55.4 Å². The maximum absolute atomic E-state index is 6.22. The van der Waals surface area contributed by atoms with Gasteiger partial charge in [-0.3, -0.25) is 0 Å². The van der Waals surface area contributed by atoms with E-state index in [9.17, 15) is 0 Å². The van der Waals surface area contributed by atoms with E-state index in [2.05, 4.69) is 61.5 Å². The van der Waals surface area contributed by atoms with Crippen molar-refractivity contribution in [2.45, 2.75) is 78.0 Å². The molecule has 1 aromatic carbocycles. The van der Waals surface area contributed by atoms with E-state index in [0.29, 0.717) is 22.6 Å². The fourth-order valence-electron chi connectivity index (χ4n) is 2.38. The lowest BCUT2D eigenvalue weighted by molar-refractivity contribution is 0.565. The van der Waals surface area contributed by atoms with Gasteiger partial charge in [-0.05, 0) is 12.1 Å². The van der Waals surface area contributed by atoms with Crippen molar-refractivity contribution in [1.82, 2.24) is 0 Å². The molecule has 0 aliphatic carbocycles. The molecule has 0 amide bonds. The van der Waals surface area contributed by atoms with Crippen LogP contribution in [0.5, 0.6) is 11.5 Å². The molecule has 2 nitrogen and oxygen atoms in total. The largest absolute Gasteiger partial charge is 0.473 e. The molecule has 4 heteroatoms. The molecule has 22 heavy (non-hydrogen) atoms. The first-order valence-electron chi connectivity index (χ1n) is 8.17. The van der Waals surface area contributed by atoms with Gasteiger partial charge in [0.15, 0.2) is 0 Å². The van der Waals surface area contributed by atoms with E-state index in [1.807, 2.05) is 18.2 Å². The molecular formula is C18H31O2P2. The van der Waals surface area contributed by atoms with Gasteiger partial charge in [-0.15, -0.1) is 0 Å². The molecular weight excluding hydrogens is 310 g/mol. The summed E-state index contributed by atoms with van der Waals surface area (Å²) in [4.78, 5) is 0. The summed E-state index contributed by atoms with van der Waals surface area (Å²) in [5.74, 6) is 1.63. The molecule has 0 N–H and O–H groups in total. The van der Waals surface area contributed by atoms with E-state index in [-0.39, 0.29) is 0 Å². The molecule has 0 fully saturated rings. The molecule has 1 rings (SSSR count). The van der Waals surface area contributed by atoms with Crippen LogP contribution in [-0.2, 0) is 0 Å². The summed E-state index contributed by atoms with van der Waals surface area (Å²) in [6.07, 6.45) is 0. The second kappa shape index (κ2) is 9.09. The molecule has 1 radical (unpaired) electrons. The number of rotatable bonds is 8. The van der Waals surface area contributed by atoms with Crippen LogP contribution in [0, 0.1) is 6.07 Å². The van der Waals surface area contributed by atoms with Gasteiger partial charge in [0.05, 0.1) is 22.4 Å². The van der Waals surface area contributed by atoms with Gasteiger partial charge in [-0.2, -0.15) is 0 Å². The van der Waals surface area contributed by atoms with Crippen molar-refractivity contribution < 1.29 is 9.05 Å². The average molecular weight is 341 g/mol. The Hall–Kier alpha value is -0.320. The number of benzene rings is 1. The van der Waals surface area contributed by atoms with E-state index >= 15 is 0 Å². The molecule has 0 spiro atoms. The Morgan fingerprint density at radius 3 is 1.27 bits per heavy atom. The van der Waals surface area contributed by atoms with Gasteiger partial charge < -0.3 is 9.05 Å². The second-order valence-electron chi connectivity index (χ2n) is 6.66. The summed E-state index contributed by atoms with van der Waals surface area (Å²) in [6, 6.07) is 9.29. The van der Waals surface area contributed by atoms with E-state index in [0.717, 1.165) is 11.5 Å². The van der Waals surface area contributed by atoms with Crippen molar-refractivity contribution in [2.24, 2.45) is 0 Å². The molecule has 0 aliphatic rings. The fraction of sp³-hybridized carbons (Fsp3) is 0.667. The topological polar surface area (TPSA) is 18.5 Å². The minimum atomic E-state index is -0.494. The zero-order chi connectivity index (χ0) is 16.9. The third kappa shape index (κ3) is 6.05. The SMILES string of the molecule is CC(C)P(Oc1[c]c(OP(C(C)C)C(C)C)ccc1)C(C)C. The van der Waals surface area contributed by atoms with Crippen LogP contribution >= 0.6 is 16.3 Å². The Kier molecular flexibility index (Phi) is 8.15. The van der Waals surface area contributed by atoms with Gasteiger partial charge in [-0.25, -0.2) is 0 Å². The van der Waals surface area contributed by atoms with Crippen LogP contribution in [0.4, 0.5) is 0 Å². The van der Waals surface area contributed by atoms with Crippen molar-refractivity contribution in [1.29, 1.82) is 0 Å². The van der Waals surface area contributed by atoms with Gasteiger partial charge in [0.25, 0.3) is 0 Å². The summed E-state index contributed by atoms with van der Waals surface area (Å²) in [7, 11) is -0.988. The third-order valence-electron chi connectivity index (χ3n) is 3.18. The highest BCUT2D eigenvalue weighted by Crippen LogP contribution is 2.49. The maximum Gasteiger partial charge on any atom is 0.135 e. The van der Waals surface area contributed by atoms with Crippen molar-refractivity contribution >= 4 is 16.3 Å². The first-order chi connectivity index (χ1) is 10.2. The van der Waals surface area contributed by atoms with Crippen LogP contribution in [0.15, 0.2) is 18.2 Å². The van der Waals surface area contributed by atoms with Crippen molar-refractivity contribution in [2.75, 3.05) is 0 Å². The summed E-state index contributed by atoms with van der Waals surface area (Å²) in [6.45, 7) is 17.8. The molecule has 0 aliphatic heterocycles. The van der Waals surface area contributed by atoms with Crippen LogP contribution in [0.2, 0.25) is 0 Å². The highest BCUT2D eigenvalue weighted by Gasteiger charge is 2.22. The van der Waals surface area contributed by atoms with Gasteiger partial charge in [0.1, 0.15) is 11.5 Å². The third-order valence-corrected chi connectivity index (χ3v) is 8.07. The van der Waals surface area contributed by atoms with E-state index in [4.69, 9.17) is 9.05 Å². The quantitative estimate of drug-likeness (QED) is 0.491. The molecule has 0 saturated heterocycles. The molecule has 0 bridgehead atoms. The molecule has 1 aromatic rings. The molecule has 0 aromatic heterocycles. The normalized spacial score (nSPS) is 12.3. The lowest BCUT2D eigenvalue weighted by Crippen LogP contribution is -2.09. The standard InChI is InChI=1S/C18H31O2P2/c1-13(2)21(14(3)4)19-17-10-9-11-18(12-17)20-22(15(5)6)16(7)8/h9-11,13-16H,1-8H3. The van der Waals surface area contributed by atoms with Crippen molar-refractivity contribution in [3.63, 3.8) is 0 Å². The van der Waals surface area contributed by atoms with Crippen molar-refractivity contribution in [3.05, 3.63) is 24.3 Å². The van der Waals surface area contributed by atoms with Crippen LogP contribution in [-0.4, -0.2) is 22.6 Å². The summed E-state index contributed by atoms with van der Waals surface area (Å²) < 4.78 is 12.4. The van der Waals surface area contributed by atoms with Gasteiger partial charge in [0, 0.05) is 22.6 Å². The van der Waals surface area contributed by atoms with Gasteiger partial charge in [0.2, 0.25) is 0 Å². The van der Waals surface area contributed by atoms with E-state index in [1.165, 1.54) is 0 Å². The second-order valence-corrected chi connectivity index (χ2v) is 12.6. The average Bonchev–Trinajstić information content (AvgIpc) is 2.41. The van der Waals surface area contributed by atoms with E-state index in [1.54, 1.807) is 0 Å². The van der Waals surface area contributed by atoms with Crippen LogP contribution in [0.25, 0.3) is 0 Å². The summed E-state index contributed by atoms with van der Waals surface area (Å²) in [5.41, 5.74) is 2.15. The Labute approximate surface area is 139 Å². The smallest absolute Gasteiger partial charge is 0.135 e. The first-order valence-corrected chi connectivity index (χ1v) is 11.0. The summed E-state index contributed by atoms with van der Waals surface area (Å²) >= 11 is 0. The Morgan fingerprint density at radius 2 is 1.00 bits per heavy atom. The lowest BCUT2D eigenvalue weighted by atomic mass is 10.3. The Morgan fingerprint density at radius 1 is 0.682 bits per heavy atom. The minimum absolute atomic E-state index is 0.494. The van der Waals surface area contributed by atoms with Crippen molar-refractivity contribution in [3.8, 4) is 11.5 Å². The molecule has 0 unspecified atom stereocenters. The zero-order valence-corrected chi connectivity index (χ0v) is 17.0. The minimum Gasteiger partial charge on any atom is -0.473 e. The first kappa shape index (κ1) is 19.7. The molecule has 0 atom stereocenters.